The highest BCUT2D eigenvalue weighted by molar-refractivity contribution is 6.31. The van der Waals surface area contributed by atoms with Crippen LogP contribution in [0.15, 0.2) is 36.4 Å². The molecule has 1 aliphatic rings. The zero-order valence-electron chi connectivity index (χ0n) is 21.8. The standard InChI is InChI=1S/C27H33Cl2F2N3O5/c1-26(2,25(38)39-3)12-20-27(32,17-8-7-14(28)11-19(17)30)21(16-5-4-6-18(29)22(16)31)23(34-20)24(37)33-10-9-15(36)13-35/h4-8,11,15,20-21,23,34-36H,9-10,12-13,32H2,1-3H3,(H,33,37)/t15-,20-,21-,23+,27+/m0/s1. The van der Waals surface area contributed by atoms with Crippen LogP contribution in [-0.2, 0) is 19.9 Å². The largest absolute Gasteiger partial charge is 0.469 e. The Balaban J connectivity index is 2.21. The number of rotatable bonds is 10. The molecule has 1 saturated heterocycles. The lowest BCUT2D eigenvalue weighted by atomic mass is 9.68. The van der Waals surface area contributed by atoms with Crippen LogP contribution in [0.2, 0.25) is 10.0 Å². The van der Waals surface area contributed by atoms with Crippen molar-refractivity contribution in [2.45, 2.75) is 56.3 Å². The van der Waals surface area contributed by atoms with Crippen LogP contribution in [0, 0.1) is 17.0 Å². The molecule has 1 aliphatic heterocycles. The van der Waals surface area contributed by atoms with E-state index in [0.717, 1.165) is 6.07 Å². The summed E-state index contributed by atoms with van der Waals surface area (Å²) in [4.78, 5) is 26.1. The third kappa shape index (κ3) is 6.37. The molecule has 0 unspecified atom stereocenters. The number of nitrogens with two attached hydrogens (primary N) is 1. The number of aliphatic hydroxyl groups is 2. The van der Waals surface area contributed by atoms with Crippen molar-refractivity contribution < 1.29 is 33.3 Å². The molecule has 12 heteroatoms. The van der Waals surface area contributed by atoms with Gasteiger partial charge in [0.15, 0.2) is 0 Å². The van der Waals surface area contributed by atoms with E-state index in [2.05, 4.69) is 10.6 Å². The first-order chi connectivity index (χ1) is 18.3. The third-order valence-electron chi connectivity index (χ3n) is 7.24. The fourth-order valence-electron chi connectivity index (χ4n) is 5.22. The van der Waals surface area contributed by atoms with E-state index in [1.54, 1.807) is 13.8 Å². The molecule has 0 bridgehead atoms. The molecule has 2 aromatic carbocycles. The van der Waals surface area contributed by atoms with Gasteiger partial charge in [0.05, 0.1) is 41.8 Å². The van der Waals surface area contributed by atoms with Gasteiger partial charge in [-0.15, -0.1) is 0 Å². The van der Waals surface area contributed by atoms with Crippen LogP contribution in [0.5, 0.6) is 0 Å². The van der Waals surface area contributed by atoms with Gasteiger partial charge in [-0.05, 0) is 50.5 Å². The minimum Gasteiger partial charge on any atom is -0.469 e. The number of nitrogens with one attached hydrogen (secondary N) is 2. The predicted molar refractivity (Wildman–Crippen MR) is 143 cm³/mol. The number of carbonyl (C=O) groups excluding carboxylic acids is 2. The molecule has 1 heterocycles. The normalized spacial score (nSPS) is 23.9. The van der Waals surface area contributed by atoms with Crippen molar-refractivity contribution in [2.75, 3.05) is 20.3 Å². The number of hydrogen-bond acceptors (Lipinski definition) is 7. The topological polar surface area (TPSA) is 134 Å². The number of carbonyl (C=O) groups is 2. The SMILES string of the molecule is COC(=O)C(C)(C)C[C@@H]1N[C@@H](C(=O)NCC[C@H](O)CO)[C@H](c2cccc(Cl)c2F)[C@@]1(N)c1ccc(Cl)cc1F. The van der Waals surface area contributed by atoms with Crippen molar-refractivity contribution in [3.05, 3.63) is 69.2 Å². The van der Waals surface area contributed by atoms with Gasteiger partial charge in [0.1, 0.15) is 11.6 Å². The second kappa shape index (κ2) is 12.4. The Morgan fingerprint density at radius 3 is 2.56 bits per heavy atom. The summed E-state index contributed by atoms with van der Waals surface area (Å²) in [6.45, 7) is 2.75. The van der Waals surface area contributed by atoms with Gasteiger partial charge in [0, 0.05) is 29.1 Å². The maximum Gasteiger partial charge on any atom is 0.311 e. The van der Waals surface area contributed by atoms with Gasteiger partial charge in [-0.2, -0.15) is 0 Å². The molecule has 0 radical (unpaired) electrons. The lowest BCUT2D eigenvalue weighted by Crippen LogP contribution is -2.53. The van der Waals surface area contributed by atoms with E-state index in [9.17, 15) is 14.7 Å². The van der Waals surface area contributed by atoms with Gasteiger partial charge in [-0.25, -0.2) is 8.78 Å². The van der Waals surface area contributed by atoms with Gasteiger partial charge >= 0.3 is 5.97 Å². The van der Waals surface area contributed by atoms with Gasteiger partial charge in [-0.3, -0.25) is 9.59 Å². The summed E-state index contributed by atoms with van der Waals surface area (Å²) in [6, 6.07) is 6.00. The van der Waals surface area contributed by atoms with Crippen molar-refractivity contribution in [2.24, 2.45) is 11.1 Å². The Kier molecular flexibility index (Phi) is 9.96. The fraction of sp³-hybridized carbons (Fsp3) is 0.481. The molecule has 2 aromatic rings. The molecule has 1 amide bonds. The van der Waals surface area contributed by atoms with Crippen molar-refractivity contribution in [3.8, 4) is 0 Å². The van der Waals surface area contributed by atoms with E-state index in [-0.39, 0.29) is 40.6 Å². The van der Waals surface area contributed by atoms with Crippen molar-refractivity contribution in [1.29, 1.82) is 0 Å². The Morgan fingerprint density at radius 1 is 1.26 bits per heavy atom. The van der Waals surface area contributed by atoms with Crippen LogP contribution in [-0.4, -0.2) is 60.5 Å². The Morgan fingerprint density at radius 2 is 1.95 bits per heavy atom. The second-order valence-corrected chi connectivity index (χ2v) is 11.2. The Bertz CT molecular complexity index is 1220. The summed E-state index contributed by atoms with van der Waals surface area (Å²) < 4.78 is 36.1. The van der Waals surface area contributed by atoms with Crippen LogP contribution < -0.4 is 16.4 Å². The molecule has 0 saturated carbocycles. The minimum atomic E-state index is -1.78. The number of amides is 1. The summed E-state index contributed by atoms with van der Waals surface area (Å²) >= 11 is 12.1. The van der Waals surface area contributed by atoms with Crippen LogP contribution in [0.1, 0.15) is 43.7 Å². The second-order valence-electron chi connectivity index (χ2n) is 10.4. The predicted octanol–water partition coefficient (Wildman–Crippen LogP) is 3.00. The first-order valence-corrected chi connectivity index (χ1v) is 13.1. The molecule has 0 aromatic heterocycles. The number of methoxy groups -OCH3 is 1. The summed E-state index contributed by atoms with van der Waals surface area (Å²) in [5.41, 5.74) is 4.11. The van der Waals surface area contributed by atoms with Gasteiger partial charge in [0.2, 0.25) is 5.91 Å². The smallest absolute Gasteiger partial charge is 0.311 e. The fourth-order valence-corrected chi connectivity index (χ4v) is 5.57. The number of esters is 1. The summed E-state index contributed by atoms with van der Waals surface area (Å²) in [5.74, 6) is -3.96. The summed E-state index contributed by atoms with van der Waals surface area (Å²) in [5, 5.41) is 24.4. The highest BCUT2D eigenvalue weighted by Crippen LogP contribution is 2.50. The number of ether oxygens (including phenoxy) is 1. The number of hydrogen-bond donors (Lipinski definition) is 5. The molecule has 1 fully saturated rings. The molecular formula is C27H33Cl2F2N3O5. The minimum absolute atomic E-state index is 0.00527. The van der Waals surface area contributed by atoms with Gasteiger partial charge < -0.3 is 31.3 Å². The highest BCUT2D eigenvalue weighted by Gasteiger charge is 2.59. The molecule has 8 nitrogen and oxygen atoms in total. The van der Waals surface area contributed by atoms with Crippen molar-refractivity contribution >= 4 is 35.1 Å². The molecule has 5 atom stereocenters. The van der Waals surface area contributed by atoms with Gasteiger partial charge in [-0.1, -0.05) is 41.4 Å². The Hall–Kier alpha value is -2.34. The van der Waals surface area contributed by atoms with Crippen molar-refractivity contribution in [3.63, 3.8) is 0 Å². The van der Waals surface area contributed by atoms with E-state index >= 15 is 8.78 Å². The summed E-state index contributed by atoms with van der Waals surface area (Å²) in [6.07, 6.45) is -0.999. The number of halogens is 4. The lowest BCUT2D eigenvalue weighted by molar-refractivity contribution is -0.151. The van der Waals surface area contributed by atoms with E-state index in [4.69, 9.17) is 38.8 Å². The molecule has 3 rings (SSSR count). The monoisotopic (exact) mass is 587 g/mol. The zero-order chi connectivity index (χ0) is 29.1. The molecule has 39 heavy (non-hydrogen) atoms. The maximum atomic E-state index is 15.6. The zero-order valence-corrected chi connectivity index (χ0v) is 23.3. The van der Waals surface area contributed by atoms with E-state index in [1.165, 1.54) is 37.4 Å². The van der Waals surface area contributed by atoms with E-state index in [1.807, 2.05) is 0 Å². The average molecular weight is 588 g/mol. The molecular weight excluding hydrogens is 555 g/mol. The quantitative estimate of drug-likeness (QED) is 0.270. The van der Waals surface area contributed by atoms with E-state index < -0.39 is 65.2 Å². The first-order valence-electron chi connectivity index (χ1n) is 12.4. The lowest BCUT2D eigenvalue weighted by Gasteiger charge is -2.40. The Labute approximate surface area is 235 Å². The molecule has 214 valence electrons. The van der Waals surface area contributed by atoms with Crippen molar-refractivity contribution in [1.82, 2.24) is 10.6 Å². The van der Waals surface area contributed by atoms with Crippen LogP contribution in [0.25, 0.3) is 0 Å². The van der Waals surface area contributed by atoms with E-state index in [0.29, 0.717) is 0 Å². The summed E-state index contributed by atoms with van der Waals surface area (Å²) in [7, 11) is 1.24. The molecule has 0 spiro atoms. The number of benzene rings is 2. The highest BCUT2D eigenvalue weighted by atomic mass is 35.5. The molecule has 0 aliphatic carbocycles. The maximum absolute atomic E-state index is 15.6. The van der Waals surface area contributed by atoms with Crippen LogP contribution in [0.4, 0.5) is 8.78 Å². The van der Waals surface area contributed by atoms with Crippen LogP contribution in [0.3, 0.4) is 0 Å². The van der Waals surface area contributed by atoms with Crippen LogP contribution >= 0.6 is 23.2 Å². The van der Waals surface area contributed by atoms with Gasteiger partial charge in [0.25, 0.3) is 0 Å². The third-order valence-corrected chi connectivity index (χ3v) is 7.77. The number of aliphatic hydroxyl groups excluding tert-OH is 2. The molecule has 6 N–H and O–H groups in total. The average Bonchev–Trinajstić information content (AvgIpc) is 3.16. The first kappa shape index (κ1) is 31.2.